The predicted molar refractivity (Wildman–Crippen MR) is 46.6 cm³/mol. The second-order valence-electron chi connectivity index (χ2n) is 4.16. The van der Waals surface area contributed by atoms with E-state index < -0.39 is 0 Å². The number of nitrogens with one attached hydrogen (secondary N) is 1. The van der Waals surface area contributed by atoms with Crippen LogP contribution in [0.15, 0.2) is 0 Å². The Morgan fingerprint density at radius 1 is 1.27 bits per heavy atom. The lowest BCUT2D eigenvalue weighted by molar-refractivity contribution is 0.0587. The minimum absolute atomic E-state index is 0.725. The van der Waals surface area contributed by atoms with Crippen molar-refractivity contribution in [3.63, 3.8) is 0 Å². The lowest BCUT2D eigenvalue weighted by atomic mass is 9.97. The lowest BCUT2D eigenvalue weighted by Gasteiger charge is -2.43. The van der Waals surface area contributed by atoms with Crippen molar-refractivity contribution >= 4 is 0 Å². The van der Waals surface area contributed by atoms with Crippen LogP contribution in [0.2, 0.25) is 0 Å². The molecule has 0 radical (unpaired) electrons. The number of rotatable bonds is 1. The molecule has 2 heterocycles. The second kappa shape index (κ2) is 2.76. The van der Waals surface area contributed by atoms with E-state index in [1.807, 2.05) is 0 Å². The van der Waals surface area contributed by atoms with Crippen LogP contribution in [-0.4, -0.2) is 36.6 Å². The Bertz CT molecular complexity index is 140. The van der Waals surface area contributed by atoms with Gasteiger partial charge in [0.15, 0.2) is 0 Å². The van der Waals surface area contributed by atoms with Gasteiger partial charge in [0.2, 0.25) is 0 Å². The van der Waals surface area contributed by atoms with E-state index >= 15 is 0 Å². The molecule has 1 N–H and O–H groups in total. The molecule has 2 fully saturated rings. The first-order chi connectivity index (χ1) is 5.27. The van der Waals surface area contributed by atoms with Crippen molar-refractivity contribution in [2.75, 3.05) is 19.6 Å². The van der Waals surface area contributed by atoms with Gasteiger partial charge >= 0.3 is 0 Å². The highest BCUT2D eigenvalue weighted by atomic mass is 15.3. The molecule has 64 valence electrons. The highest BCUT2D eigenvalue weighted by molar-refractivity contribution is 4.92. The van der Waals surface area contributed by atoms with Gasteiger partial charge in [-0.05, 0) is 25.8 Å². The van der Waals surface area contributed by atoms with E-state index in [2.05, 4.69) is 24.1 Å². The third-order valence-corrected chi connectivity index (χ3v) is 3.04. The summed E-state index contributed by atoms with van der Waals surface area (Å²) in [5.74, 6) is 0.947. The molecule has 0 saturated carbocycles. The first kappa shape index (κ1) is 7.56. The second-order valence-corrected chi connectivity index (χ2v) is 4.16. The maximum atomic E-state index is 3.49. The summed E-state index contributed by atoms with van der Waals surface area (Å²) in [6, 6.07) is 1.56. The average Bonchev–Trinajstić information content (AvgIpc) is 2.29. The summed E-state index contributed by atoms with van der Waals surface area (Å²) >= 11 is 0. The summed E-state index contributed by atoms with van der Waals surface area (Å²) in [6.45, 7) is 8.52. The SMILES string of the molecule is CC1CN(C2CCNC2C)C1. The maximum absolute atomic E-state index is 3.49. The van der Waals surface area contributed by atoms with Gasteiger partial charge in [0.1, 0.15) is 0 Å². The Morgan fingerprint density at radius 3 is 2.45 bits per heavy atom. The fraction of sp³-hybridized carbons (Fsp3) is 1.00. The standard InChI is InChI=1S/C9H18N2/c1-7-5-11(6-7)9-3-4-10-8(9)2/h7-10H,3-6H2,1-2H3. The van der Waals surface area contributed by atoms with E-state index in [0.29, 0.717) is 0 Å². The summed E-state index contributed by atoms with van der Waals surface area (Å²) in [7, 11) is 0. The summed E-state index contributed by atoms with van der Waals surface area (Å²) in [4.78, 5) is 2.62. The van der Waals surface area contributed by atoms with Gasteiger partial charge in [-0.3, -0.25) is 4.90 Å². The molecule has 0 aromatic heterocycles. The molecule has 0 amide bonds. The summed E-state index contributed by atoms with van der Waals surface area (Å²) < 4.78 is 0. The molecule has 2 aliphatic heterocycles. The fourth-order valence-corrected chi connectivity index (χ4v) is 2.36. The van der Waals surface area contributed by atoms with Crippen molar-refractivity contribution in [2.45, 2.75) is 32.4 Å². The minimum atomic E-state index is 0.725. The van der Waals surface area contributed by atoms with Crippen molar-refractivity contribution in [3.8, 4) is 0 Å². The van der Waals surface area contributed by atoms with Crippen molar-refractivity contribution in [3.05, 3.63) is 0 Å². The molecular weight excluding hydrogens is 136 g/mol. The van der Waals surface area contributed by atoms with E-state index in [0.717, 1.165) is 18.0 Å². The van der Waals surface area contributed by atoms with Gasteiger partial charge in [-0.1, -0.05) is 6.92 Å². The smallest absolute Gasteiger partial charge is 0.0258 e. The van der Waals surface area contributed by atoms with Crippen LogP contribution in [0, 0.1) is 5.92 Å². The molecule has 2 saturated heterocycles. The first-order valence-electron chi connectivity index (χ1n) is 4.75. The van der Waals surface area contributed by atoms with Gasteiger partial charge in [0, 0.05) is 25.2 Å². The summed E-state index contributed by atoms with van der Waals surface area (Å²) in [5.41, 5.74) is 0. The Kier molecular flexibility index (Phi) is 1.90. The van der Waals surface area contributed by atoms with Crippen LogP contribution in [0.4, 0.5) is 0 Å². The zero-order valence-corrected chi connectivity index (χ0v) is 7.51. The monoisotopic (exact) mass is 154 g/mol. The predicted octanol–water partition coefficient (Wildman–Crippen LogP) is 0.689. The molecule has 2 rings (SSSR count). The van der Waals surface area contributed by atoms with Crippen LogP contribution in [0.1, 0.15) is 20.3 Å². The van der Waals surface area contributed by atoms with Gasteiger partial charge < -0.3 is 5.32 Å². The Morgan fingerprint density at radius 2 is 2.00 bits per heavy atom. The van der Waals surface area contributed by atoms with Gasteiger partial charge in [0.25, 0.3) is 0 Å². The van der Waals surface area contributed by atoms with Gasteiger partial charge in [0.05, 0.1) is 0 Å². The van der Waals surface area contributed by atoms with E-state index in [9.17, 15) is 0 Å². The Balaban J connectivity index is 1.85. The van der Waals surface area contributed by atoms with Crippen molar-refractivity contribution in [1.29, 1.82) is 0 Å². The van der Waals surface area contributed by atoms with Crippen LogP contribution in [0.25, 0.3) is 0 Å². The molecule has 0 aliphatic carbocycles. The summed E-state index contributed by atoms with van der Waals surface area (Å²) in [6.07, 6.45) is 1.36. The topological polar surface area (TPSA) is 15.3 Å². The maximum Gasteiger partial charge on any atom is 0.0258 e. The first-order valence-corrected chi connectivity index (χ1v) is 4.75. The molecule has 2 nitrogen and oxygen atoms in total. The van der Waals surface area contributed by atoms with E-state index in [-0.39, 0.29) is 0 Å². The Hall–Kier alpha value is -0.0800. The molecule has 11 heavy (non-hydrogen) atoms. The van der Waals surface area contributed by atoms with Crippen LogP contribution in [-0.2, 0) is 0 Å². The zero-order chi connectivity index (χ0) is 7.84. The van der Waals surface area contributed by atoms with E-state index in [4.69, 9.17) is 0 Å². The fourth-order valence-electron chi connectivity index (χ4n) is 2.36. The normalized spacial score (nSPS) is 40.9. The number of hydrogen-bond donors (Lipinski definition) is 1. The highest BCUT2D eigenvalue weighted by Gasteiger charge is 2.34. The molecule has 2 atom stereocenters. The van der Waals surface area contributed by atoms with Gasteiger partial charge in [-0.15, -0.1) is 0 Å². The number of nitrogens with zero attached hydrogens (tertiary/aromatic N) is 1. The van der Waals surface area contributed by atoms with Gasteiger partial charge in [-0.25, -0.2) is 0 Å². The Labute approximate surface area is 69.0 Å². The summed E-state index contributed by atoms with van der Waals surface area (Å²) in [5, 5.41) is 3.49. The number of likely N-dealkylation sites (tertiary alicyclic amines) is 1. The van der Waals surface area contributed by atoms with Crippen LogP contribution < -0.4 is 5.32 Å². The number of hydrogen-bond acceptors (Lipinski definition) is 2. The molecular formula is C9H18N2. The average molecular weight is 154 g/mol. The van der Waals surface area contributed by atoms with Crippen molar-refractivity contribution in [2.24, 2.45) is 5.92 Å². The third kappa shape index (κ3) is 1.30. The minimum Gasteiger partial charge on any atom is -0.313 e. The highest BCUT2D eigenvalue weighted by Crippen LogP contribution is 2.23. The quantitative estimate of drug-likeness (QED) is 0.598. The molecule has 0 bridgehead atoms. The van der Waals surface area contributed by atoms with Gasteiger partial charge in [-0.2, -0.15) is 0 Å². The van der Waals surface area contributed by atoms with Crippen molar-refractivity contribution in [1.82, 2.24) is 10.2 Å². The van der Waals surface area contributed by atoms with Crippen molar-refractivity contribution < 1.29 is 0 Å². The van der Waals surface area contributed by atoms with Crippen LogP contribution in [0.3, 0.4) is 0 Å². The molecule has 0 aromatic carbocycles. The van der Waals surface area contributed by atoms with Crippen LogP contribution in [0.5, 0.6) is 0 Å². The third-order valence-electron chi connectivity index (χ3n) is 3.04. The molecule has 2 aliphatic rings. The largest absolute Gasteiger partial charge is 0.313 e. The molecule has 0 spiro atoms. The van der Waals surface area contributed by atoms with E-state index in [1.165, 1.54) is 26.1 Å². The van der Waals surface area contributed by atoms with E-state index in [1.54, 1.807) is 0 Å². The molecule has 0 aromatic rings. The zero-order valence-electron chi connectivity index (χ0n) is 7.51. The molecule has 2 unspecified atom stereocenters. The molecule has 2 heteroatoms. The lowest BCUT2D eigenvalue weighted by Crippen LogP contribution is -2.54. The van der Waals surface area contributed by atoms with Crippen LogP contribution >= 0.6 is 0 Å².